The van der Waals surface area contributed by atoms with Crippen LogP contribution in [0, 0.1) is 6.92 Å². The van der Waals surface area contributed by atoms with Gasteiger partial charge in [0.05, 0.1) is 11.6 Å². The third-order valence-electron chi connectivity index (χ3n) is 3.15. The van der Waals surface area contributed by atoms with Gasteiger partial charge in [0.15, 0.2) is 0 Å². The summed E-state index contributed by atoms with van der Waals surface area (Å²) in [6.07, 6.45) is -0.0669. The number of halogens is 2. The maximum absolute atomic E-state index is 12.9. The molecule has 88 valence electrons. The van der Waals surface area contributed by atoms with E-state index in [0.29, 0.717) is 5.69 Å². The highest BCUT2D eigenvalue weighted by Gasteiger charge is 2.58. The molecule has 2 nitrogen and oxygen atoms in total. The fraction of sp³-hybridized carbons (Fsp3) is 0.308. The molecule has 17 heavy (non-hydrogen) atoms. The number of alkyl halides is 2. The van der Waals surface area contributed by atoms with Crippen molar-refractivity contribution in [3.63, 3.8) is 0 Å². The highest BCUT2D eigenvalue weighted by Crippen LogP contribution is 2.55. The average molecular weight is 234 g/mol. The smallest absolute Gasteiger partial charge is 0.257 e. The Kier molecular flexibility index (Phi) is 2.08. The van der Waals surface area contributed by atoms with Gasteiger partial charge < -0.3 is 0 Å². The summed E-state index contributed by atoms with van der Waals surface area (Å²) < 4.78 is 25.8. The maximum Gasteiger partial charge on any atom is 0.257 e. The van der Waals surface area contributed by atoms with Gasteiger partial charge in [-0.3, -0.25) is 5.10 Å². The van der Waals surface area contributed by atoms with Crippen LogP contribution in [0.4, 0.5) is 8.78 Å². The highest BCUT2D eigenvalue weighted by atomic mass is 19.3. The molecule has 1 fully saturated rings. The Morgan fingerprint density at radius 3 is 2.53 bits per heavy atom. The Hall–Kier alpha value is -1.71. The first-order valence-corrected chi connectivity index (χ1v) is 5.56. The second-order valence-corrected chi connectivity index (χ2v) is 4.59. The van der Waals surface area contributed by atoms with Crippen molar-refractivity contribution in [2.24, 2.45) is 0 Å². The summed E-state index contributed by atoms with van der Waals surface area (Å²) in [5, 5.41) is 6.79. The molecule has 3 rings (SSSR count). The lowest BCUT2D eigenvalue weighted by atomic mass is 10.1. The number of hydrogen-bond donors (Lipinski definition) is 1. The molecule has 1 aromatic carbocycles. The first-order valence-electron chi connectivity index (χ1n) is 5.56. The minimum Gasteiger partial charge on any atom is -0.281 e. The summed E-state index contributed by atoms with van der Waals surface area (Å²) in [5.41, 5.74) is 3.37. The predicted octanol–water partition coefficient (Wildman–Crippen LogP) is 3.51. The van der Waals surface area contributed by atoms with Crippen molar-refractivity contribution in [2.75, 3.05) is 0 Å². The minimum absolute atomic E-state index is 0.0669. The molecule has 1 atom stereocenters. The van der Waals surface area contributed by atoms with Crippen LogP contribution in [0.15, 0.2) is 30.3 Å². The van der Waals surface area contributed by atoms with Crippen molar-refractivity contribution in [3.8, 4) is 11.3 Å². The molecule has 0 spiro atoms. The quantitative estimate of drug-likeness (QED) is 0.846. The molecule has 0 saturated heterocycles. The van der Waals surface area contributed by atoms with Crippen LogP contribution in [0.3, 0.4) is 0 Å². The first kappa shape index (κ1) is 10.4. The zero-order valence-electron chi connectivity index (χ0n) is 9.37. The number of aromatic amines is 1. The summed E-state index contributed by atoms with van der Waals surface area (Å²) in [6, 6.07) is 9.57. The van der Waals surface area contributed by atoms with Crippen molar-refractivity contribution in [3.05, 3.63) is 41.6 Å². The summed E-state index contributed by atoms with van der Waals surface area (Å²) >= 11 is 0. The van der Waals surface area contributed by atoms with E-state index in [0.717, 1.165) is 11.3 Å². The number of nitrogens with one attached hydrogen (secondary N) is 1. The van der Waals surface area contributed by atoms with Crippen LogP contribution in [-0.2, 0) is 0 Å². The molecule has 1 heterocycles. The third kappa shape index (κ3) is 1.84. The van der Waals surface area contributed by atoms with Crippen molar-refractivity contribution in [2.45, 2.75) is 25.2 Å². The van der Waals surface area contributed by atoms with Gasteiger partial charge in [-0.25, -0.2) is 8.78 Å². The number of nitrogens with zero attached hydrogens (tertiary/aromatic N) is 1. The molecule has 0 amide bonds. The van der Waals surface area contributed by atoms with Crippen molar-refractivity contribution in [1.82, 2.24) is 10.2 Å². The Bertz CT molecular complexity index is 543. The lowest BCUT2D eigenvalue weighted by molar-refractivity contribution is 0.111. The summed E-state index contributed by atoms with van der Waals surface area (Å²) in [7, 11) is 0. The molecule has 1 aliphatic carbocycles. The summed E-state index contributed by atoms with van der Waals surface area (Å²) in [5.74, 6) is -3.22. The largest absolute Gasteiger partial charge is 0.281 e. The molecule has 1 aliphatic rings. The number of aromatic nitrogens is 2. The lowest BCUT2D eigenvalue weighted by Crippen LogP contribution is -1.92. The SMILES string of the molecule is Cc1ccc(-c2cc(C3CC3(F)F)[nH]n2)cc1. The van der Waals surface area contributed by atoms with Gasteiger partial charge in [-0.05, 0) is 13.0 Å². The van der Waals surface area contributed by atoms with Crippen LogP contribution in [0.25, 0.3) is 11.3 Å². The molecular formula is C13H12F2N2. The number of hydrogen-bond acceptors (Lipinski definition) is 1. The number of H-pyrrole nitrogens is 1. The second kappa shape index (κ2) is 3.39. The molecule has 0 aliphatic heterocycles. The van der Waals surface area contributed by atoms with Crippen molar-refractivity contribution < 1.29 is 8.78 Å². The van der Waals surface area contributed by atoms with Crippen LogP contribution < -0.4 is 0 Å². The van der Waals surface area contributed by atoms with Gasteiger partial charge >= 0.3 is 0 Å². The molecule has 1 aromatic heterocycles. The fourth-order valence-corrected chi connectivity index (χ4v) is 1.94. The van der Waals surface area contributed by atoms with Crippen molar-refractivity contribution >= 4 is 0 Å². The number of aryl methyl sites for hydroxylation is 1. The Balaban J connectivity index is 1.88. The molecule has 0 radical (unpaired) electrons. The molecule has 1 N–H and O–H groups in total. The van der Waals surface area contributed by atoms with Gasteiger partial charge in [0, 0.05) is 17.7 Å². The van der Waals surface area contributed by atoms with Gasteiger partial charge in [0.25, 0.3) is 5.92 Å². The number of rotatable bonds is 2. The Morgan fingerprint density at radius 1 is 1.29 bits per heavy atom. The van der Waals surface area contributed by atoms with Gasteiger partial charge in [-0.1, -0.05) is 29.8 Å². The molecule has 1 saturated carbocycles. The normalized spacial score (nSPS) is 21.5. The minimum atomic E-state index is -2.54. The Labute approximate surface area is 97.7 Å². The van der Waals surface area contributed by atoms with Crippen LogP contribution in [0.5, 0.6) is 0 Å². The molecule has 1 unspecified atom stereocenters. The monoisotopic (exact) mass is 234 g/mol. The van der Waals surface area contributed by atoms with Gasteiger partial charge in [0.1, 0.15) is 0 Å². The van der Waals surface area contributed by atoms with E-state index in [-0.39, 0.29) is 6.42 Å². The Morgan fingerprint density at radius 2 is 1.94 bits per heavy atom. The maximum atomic E-state index is 12.9. The van der Waals surface area contributed by atoms with Crippen molar-refractivity contribution in [1.29, 1.82) is 0 Å². The first-order chi connectivity index (χ1) is 8.06. The summed E-state index contributed by atoms with van der Waals surface area (Å²) in [6.45, 7) is 2.00. The lowest BCUT2D eigenvalue weighted by Gasteiger charge is -1.96. The topological polar surface area (TPSA) is 28.7 Å². The standard InChI is InChI=1S/C13H12F2N2/c1-8-2-4-9(5-3-8)11-6-12(17-16-11)10-7-13(10,14)15/h2-6,10H,7H2,1H3,(H,16,17). The third-order valence-corrected chi connectivity index (χ3v) is 3.15. The summed E-state index contributed by atoms with van der Waals surface area (Å²) in [4.78, 5) is 0. The van der Waals surface area contributed by atoms with Gasteiger partial charge in [-0.15, -0.1) is 0 Å². The van der Waals surface area contributed by atoms with E-state index >= 15 is 0 Å². The average Bonchev–Trinajstić information content (AvgIpc) is 2.76. The van der Waals surface area contributed by atoms with E-state index in [2.05, 4.69) is 10.2 Å². The highest BCUT2D eigenvalue weighted by molar-refractivity contribution is 5.60. The molecular weight excluding hydrogens is 222 g/mol. The van der Waals surface area contributed by atoms with E-state index in [1.54, 1.807) is 6.07 Å². The van der Waals surface area contributed by atoms with E-state index < -0.39 is 11.8 Å². The van der Waals surface area contributed by atoms with Gasteiger partial charge in [-0.2, -0.15) is 5.10 Å². The van der Waals surface area contributed by atoms with Crippen LogP contribution in [0.2, 0.25) is 0 Å². The van der Waals surface area contributed by atoms with E-state index in [9.17, 15) is 8.78 Å². The van der Waals surface area contributed by atoms with Gasteiger partial charge in [0.2, 0.25) is 0 Å². The predicted molar refractivity (Wildman–Crippen MR) is 61.1 cm³/mol. The zero-order chi connectivity index (χ0) is 12.0. The fourth-order valence-electron chi connectivity index (χ4n) is 1.94. The van der Waals surface area contributed by atoms with Crippen LogP contribution in [0.1, 0.15) is 23.6 Å². The molecule has 0 bridgehead atoms. The van der Waals surface area contributed by atoms with E-state index in [1.807, 2.05) is 31.2 Å². The van der Waals surface area contributed by atoms with E-state index in [1.165, 1.54) is 5.56 Å². The second-order valence-electron chi connectivity index (χ2n) is 4.59. The zero-order valence-corrected chi connectivity index (χ0v) is 9.37. The molecule has 2 aromatic rings. The van der Waals surface area contributed by atoms with E-state index in [4.69, 9.17) is 0 Å². The van der Waals surface area contributed by atoms with Crippen LogP contribution in [-0.4, -0.2) is 16.1 Å². The molecule has 4 heteroatoms. The van der Waals surface area contributed by atoms with Crippen LogP contribution >= 0.6 is 0 Å². The number of benzene rings is 1.